The summed E-state index contributed by atoms with van der Waals surface area (Å²) in [6.45, 7) is 3.21. The molecule has 0 fully saturated rings. The molecule has 3 heterocycles. The van der Waals surface area contributed by atoms with Gasteiger partial charge in [-0.15, -0.1) is 0 Å². The van der Waals surface area contributed by atoms with Gasteiger partial charge in [-0.1, -0.05) is 36.7 Å². The van der Waals surface area contributed by atoms with Gasteiger partial charge in [0.25, 0.3) is 0 Å². The molecule has 188 valence electrons. The van der Waals surface area contributed by atoms with Crippen LogP contribution < -0.4 is 5.32 Å². The summed E-state index contributed by atoms with van der Waals surface area (Å²) in [5.41, 5.74) is 4.76. The molecule has 0 saturated heterocycles. The molecule has 0 aliphatic rings. The fourth-order valence-corrected chi connectivity index (χ4v) is 4.21. The summed E-state index contributed by atoms with van der Waals surface area (Å²) < 4.78 is 0. The van der Waals surface area contributed by atoms with E-state index in [1.807, 2.05) is 32.3 Å². The quantitative estimate of drug-likeness (QED) is 0.268. The normalized spacial score (nSPS) is 10.9. The van der Waals surface area contributed by atoms with E-state index in [0.717, 1.165) is 30.0 Å². The average molecular weight is 526 g/mol. The predicted molar refractivity (Wildman–Crippen MR) is 147 cm³/mol. The van der Waals surface area contributed by atoms with E-state index in [1.54, 1.807) is 30.6 Å². The van der Waals surface area contributed by atoms with Gasteiger partial charge in [-0.25, -0.2) is 9.97 Å². The van der Waals surface area contributed by atoms with Crippen LogP contribution in [0, 0.1) is 0 Å². The number of nitrogens with one attached hydrogen (secondary N) is 1. The number of nitrogens with zero attached hydrogens (tertiary/aromatic N) is 4. The zero-order chi connectivity index (χ0) is 25.1. The number of hydrogen-bond donors (Lipinski definition) is 2. The van der Waals surface area contributed by atoms with Gasteiger partial charge in [0.15, 0.2) is 11.5 Å². The van der Waals surface area contributed by atoms with E-state index >= 15 is 0 Å². The number of rotatable bonds is 8. The Hall–Kier alpha value is -3.26. The molecule has 3 aromatic heterocycles. The van der Waals surface area contributed by atoms with Crippen molar-refractivity contribution in [3.63, 3.8) is 0 Å². The maximum absolute atomic E-state index is 12.4. The number of phenolic OH excluding ortho intramolecular Hbond substituents is 1. The summed E-state index contributed by atoms with van der Waals surface area (Å²) in [6, 6.07) is 10.8. The van der Waals surface area contributed by atoms with E-state index in [9.17, 15) is 9.90 Å². The van der Waals surface area contributed by atoms with Crippen LogP contribution in [0.2, 0.25) is 10.0 Å². The Labute approximate surface area is 221 Å². The first kappa shape index (κ1) is 27.3. The number of anilines is 1. The van der Waals surface area contributed by atoms with Crippen molar-refractivity contribution >= 4 is 45.8 Å². The third-order valence-electron chi connectivity index (χ3n) is 5.58. The molecule has 0 unspecified atom stereocenters. The van der Waals surface area contributed by atoms with Crippen LogP contribution in [0.5, 0.6) is 5.75 Å². The number of likely N-dealkylation sites (N-methyl/N-ethyl adjacent to an activating group) is 1. The number of carbonyl (C=O) groups is 1. The molecule has 4 rings (SSSR count). The summed E-state index contributed by atoms with van der Waals surface area (Å²) in [5.74, 6) is 0.530. The van der Waals surface area contributed by atoms with Crippen molar-refractivity contribution in [3.8, 4) is 17.0 Å². The molecule has 0 radical (unpaired) electrons. The second kappa shape index (κ2) is 11.6. The van der Waals surface area contributed by atoms with Gasteiger partial charge in [0.2, 0.25) is 0 Å². The van der Waals surface area contributed by atoms with Crippen molar-refractivity contribution in [1.29, 1.82) is 0 Å². The molecule has 0 bridgehead atoms. The van der Waals surface area contributed by atoms with Crippen molar-refractivity contribution in [2.75, 3.05) is 32.5 Å². The topological polar surface area (TPSA) is 91.2 Å². The summed E-state index contributed by atoms with van der Waals surface area (Å²) >= 11 is 12.2. The minimum Gasteiger partial charge on any atom is -0.505 e. The van der Waals surface area contributed by atoms with Gasteiger partial charge in [0.05, 0.1) is 26.8 Å². The average Bonchev–Trinajstić information content (AvgIpc) is 2.82. The molecule has 7 nitrogen and oxygen atoms in total. The van der Waals surface area contributed by atoms with Gasteiger partial charge < -0.3 is 15.3 Å². The summed E-state index contributed by atoms with van der Waals surface area (Å²) in [6.07, 6.45) is 3.87. The molecule has 4 aromatic rings. The molecule has 0 aliphatic heterocycles. The number of halogens is 2. The highest BCUT2D eigenvalue weighted by atomic mass is 35.5. The lowest BCUT2D eigenvalue weighted by molar-refractivity contribution is 0.101. The molecular formula is C27H29Cl2N5O2. The van der Waals surface area contributed by atoms with Crippen LogP contribution in [0.15, 0.2) is 48.8 Å². The van der Waals surface area contributed by atoms with E-state index < -0.39 is 0 Å². The van der Waals surface area contributed by atoms with E-state index in [0.29, 0.717) is 34.3 Å². The number of Topliss-reactive ketones (excluding diaryl/α,β-unsaturated/α-hetero) is 1. The molecule has 0 amide bonds. The maximum Gasteiger partial charge on any atom is 0.161 e. The van der Waals surface area contributed by atoms with Crippen LogP contribution in [0.3, 0.4) is 0 Å². The van der Waals surface area contributed by atoms with Crippen LogP contribution in [0.4, 0.5) is 5.82 Å². The number of carbonyl (C=O) groups excluding carboxylic acids is 1. The number of aromatic nitrogens is 3. The van der Waals surface area contributed by atoms with Crippen LogP contribution in [0.25, 0.3) is 22.3 Å². The third-order valence-corrected chi connectivity index (χ3v) is 6.16. The molecule has 9 heteroatoms. The van der Waals surface area contributed by atoms with Crippen LogP contribution in [-0.2, 0) is 6.42 Å². The highest BCUT2D eigenvalue weighted by molar-refractivity contribution is 6.37. The lowest BCUT2D eigenvalue weighted by atomic mass is 9.98. The highest BCUT2D eigenvalue weighted by Gasteiger charge is 2.16. The second-order valence-electron chi connectivity index (χ2n) is 8.52. The molecule has 0 aliphatic carbocycles. The summed E-state index contributed by atoms with van der Waals surface area (Å²) in [4.78, 5) is 28.3. The maximum atomic E-state index is 12.4. The van der Waals surface area contributed by atoms with E-state index in [1.165, 1.54) is 6.92 Å². The Morgan fingerprint density at radius 2 is 1.78 bits per heavy atom. The molecular weight excluding hydrogens is 497 g/mol. The Morgan fingerprint density at radius 3 is 2.39 bits per heavy atom. The second-order valence-corrected chi connectivity index (χ2v) is 9.33. The van der Waals surface area contributed by atoms with Gasteiger partial charge in [-0.2, -0.15) is 0 Å². The number of fused-ring (bicyclic) bond motifs is 1. The minimum atomic E-state index is -0.175. The number of aromatic hydroxyl groups is 1. The first-order valence-electron chi connectivity index (χ1n) is 11.0. The summed E-state index contributed by atoms with van der Waals surface area (Å²) in [5, 5.41) is 13.5. The lowest BCUT2D eigenvalue weighted by Crippen LogP contribution is -2.21. The fraction of sp³-hybridized carbons (Fsp3) is 0.259. The number of ketones is 1. The lowest BCUT2D eigenvalue weighted by Gasteiger charge is -2.13. The Balaban J connectivity index is 0.00000361. The number of phenols is 1. The van der Waals surface area contributed by atoms with Gasteiger partial charge in [0.1, 0.15) is 5.82 Å². The largest absolute Gasteiger partial charge is 0.505 e. The van der Waals surface area contributed by atoms with Gasteiger partial charge in [-0.05, 0) is 62.5 Å². The number of hydrogen-bond acceptors (Lipinski definition) is 7. The minimum absolute atomic E-state index is 0. The predicted octanol–water partition coefficient (Wildman–Crippen LogP) is 6.11. The molecule has 0 atom stereocenters. The third kappa shape index (κ3) is 6.10. The Kier molecular flexibility index (Phi) is 8.84. The van der Waals surface area contributed by atoms with Gasteiger partial charge in [0, 0.05) is 43.0 Å². The standard InChI is InChI=1S/C26H25Cl2N5O2.CH4/c1-15(34)19-14-30-23-6-5-22(17-11-20(27)26(35)21(28)12-17)32-25(23)18(19)10-16-4-7-24(31-13-16)29-8-9-33(2)3;/h4-7,11-14,35H,8-10H2,1-3H3,(H,29,31);1H4. The van der Waals surface area contributed by atoms with Crippen molar-refractivity contribution < 1.29 is 9.90 Å². The number of pyridine rings is 3. The molecule has 1 aromatic carbocycles. The molecule has 2 N–H and O–H groups in total. The van der Waals surface area contributed by atoms with Crippen LogP contribution in [-0.4, -0.2) is 57.9 Å². The van der Waals surface area contributed by atoms with Gasteiger partial charge >= 0.3 is 0 Å². The zero-order valence-corrected chi connectivity index (χ0v) is 21.2. The number of benzene rings is 1. The first-order chi connectivity index (χ1) is 16.7. The van der Waals surface area contributed by atoms with Crippen molar-refractivity contribution in [2.24, 2.45) is 0 Å². The zero-order valence-electron chi connectivity index (χ0n) is 19.6. The van der Waals surface area contributed by atoms with Crippen LogP contribution in [0.1, 0.15) is 35.8 Å². The smallest absolute Gasteiger partial charge is 0.161 e. The van der Waals surface area contributed by atoms with Crippen LogP contribution >= 0.6 is 23.2 Å². The SMILES string of the molecule is C.CC(=O)c1cnc2ccc(-c3cc(Cl)c(O)c(Cl)c3)nc2c1Cc1ccc(NCCN(C)C)nc1. The van der Waals surface area contributed by atoms with Crippen molar-refractivity contribution in [2.45, 2.75) is 20.8 Å². The van der Waals surface area contributed by atoms with Crippen molar-refractivity contribution in [1.82, 2.24) is 19.9 Å². The first-order valence-corrected chi connectivity index (χ1v) is 11.8. The highest BCUT2D eigenvalue weighted by Crippen LogP contribution is 2.36. The Bertz CT molecular complexity index is 1370. The van der Waals surface area contributed by atoms with E-state index in [-0.39, 0.29) is 29.0 Å². The molecule has 36 heavy (non-hydrogen) atoms. The van der Waals surface area contributed by atoms with Gasteiger partial charge in [-0.3, -0.25) is 9.78 Å². The fourth-order valence-electron chi connectivity index (χ4n) is 3.72. The summed E-state index contributed by atoms with van der Waals surface area (Å²) in [7, 11) is 4.04. The van der Waals surface area contributed by atoms with E-state index in [4.69, 9.17) is 28.2 Å². The Morgan fingerprint density at radius 1 is 1.06 bits per heavy atom. The van der Waals surface area contributed by atoms with E-state index in [2.05, 4.69) is 20.2 Å². The van der Waals surface area contributed by atoms with Crippen molar-refractivity contribution in [3.05, 3.63) is 75.5 Å². The molecule has 0 spiro atoms. The molecule has 0 saturated carbocycles. The monoisotopic (exact) mass is 525 g/mol.